The fraction of sp³-hybridized carbons (Fsp3) is 1.00. The van der Waals surface area contributed by atoms with Crippen LogP contribution in [0.4, 0.5) is 0 Å². The van der Waals surface area contributed by atoms with Crippen LogP contribution < -0.4 is 5.73 Å². The summed E-state index contributed by atoms with van der Waals surface area (Å²) in [7, 11) is 1.76. The van der Waals surface area contributed by atoms with Crippen LogP contribution in [0.25, 0.3) is 0 Å². The molecule has 0 amide bonds. The summed E-state index contributed by atoms with van der Waals surface area (Å²) < 4.78 is 11.3. The number of hydrogen-bond donors (Lipinski definition) is 1. The van der Waals surface area contributed by atoms with E-state index in [-0.39, 0.29) is 17.7 Å². The van der Waals surface area contributed by atoms with Crippen LogP contribution in [0.15, 0.2) is 0 Å². The van der Waals surface area contributed by atoms with Crippen molar-refractivity contribution in [2.75, 3.05) is 7.11 Å². The van der Waals surface area contributed by atoms with Crippen molar-refractivity contribution in [1.82, 2.24) is 0 Å². The Balaban J connectivity index is 2.50. The Morgan fingerprint density at radius 3 is 2.24 bits per heavy atom. The lowest BCUT2D eigenvalue weighted by molar-refractivity contribution is 0.00901. The summed E-state index contributed by atoms with van der Waals surface area (Å²) in [4.78, 5) is 0. The fourth-order valence-corrected chi connectivity index (χ4v) is 2.84. The highest BCUT2D eigenvalue weighted by atomic mass is 16.5. The van der Waals surface area contributed by atoms with E-state index in [1.807, 2.05) is 0 Å². The third-order valence-electron chi connectivity index (χ3n) is 4.45. The first kappa shape index (κ1) is 14.9. The zero-order valence-electron chi connectivity index (χ0n) is 12.2. The van der Waals surface area contributed by atoms with Crippen LogP contribution in [0, 0.1) is 11.8 Å². The van der Waals surface area contributed by atoms with Gasteiger partial charge in [0.25, 0.3) is 0 Å². The molecule has 17 heavy (non-hydrogen) atoms. The van der Waals surface area contributed by atoms with Gasteiger partial charge in [0.05, 0.1) is 17.8 Å². The van der Waals surface area contributed by atoms with Gasteiger partial charge in [-0.15, -0.1) is 0 Å². The Morgan fingerprint density at radius 1 is 1.24 bits per heavy atom. The smallest absolute Gasteiger partial charge is 0.0623 e. The molecule has 5 unspecified atom stereocenters. The van der Waals surface area contributed by atoms with Gasteiger partial charge in [0.2, 0.25) is 0 Å². The molecule has 1 aliphatic rings. The molecule has 0 aromatic rings. The first-order valence-corrected chi connectivity index (χ1v) is 6.74. The van der Waals surface area contributed by atoms with Crippen molar-refractivity contribution in [3.05, 3.63) is 0 Å². The monoisotopic (exact) mass is 243 g/mol. The van der Waals surface area contributed by atoms with Crippen molar-refractivity contribution in [2.45, 2.75) is 71.3 Å². The number of nitrogens with two attached hydrogens (primary N) is 1. The average molecular weight is 243 g/mol. The maximum atomic E-state index is 6.35. The Bertz CT molecular complexity index is 242. The highest BCUT2D eigenvalue weighted by molar-refractivity contribution is 4.91. The fourth-order valence-electron chi connectivity index (χ4n) is 2.84. The molecule has 1 rings (SSSR count). The summed E-state index contributed by atoms with van der Waals surface area (Å²) in [5, 5.41) is 0. The van der Waals surface area contributed by atoms with E-state index in [1.165, 1.54) is 0 Å². The maximum Gasteiger partial charge on any atom is 0.0623 e. The van der Waals surface area contributed by atoms with E-state index in [4.69, 9.17) is 15.2 Å². The van der Waals surface area contributed by atoms with Crippen molar-refractivity contribution >= 4 is 0 Å². The molecule has 3 nitrogen and oxygen atoms in total. The summed E-state index contributed by atoms with van der Waals surface area (Å²) in [5.41, 5.74) is 6.27. The lowest BCUT2D eigenvalue weighted by Crippen LogP contribution is -2.39. The van der Waals surface area contributed by atoms with Crippen molar-refractivity contribution in [2.24, 2.45) is 17.6 Å². The van der Waals surface area contributed by atoms with E-state index < -0.39 is 0 Å². The zero-order valence-corrected chi connectivity index (χ0v) is 12.2. The topological polar surface area (TPSA) is 44.5 Å². The highest BCUT2D eigenvalue weighted by Crippen LogP contribution is 2.35. The molecule has 1 saturated heterocycles. The molecule has 1 heterocycles. The molecule has 0 aromatic heterocycles. The van der Waals surface area contributed by atoms with E-state index in [2.05, 4.69) is 34.6 Å². The SMILES string of the molecule is COC(C)(C)CCC(N)C1C(C)OC(C)C1C. The minimum Gasteiger partial charge on any atom is -0.379 e. The number of methoxy groups -OCH3 is 1. The van der Waals surface area contributed by atoms with E-state index in [0.717, 1.165) is 12.8 Å². The molecule has 5 atom stereocenters. The van der Waals surface area contributed by atoms with Crippen LogP contribution in [-0.4, -0.2) is 31.0 Å². The largest absolute Gasteiger partial charge is 0.379 e. The van der Waals surface area contributed by atoms with Gasteiger partial charge in [-0.1, -0.05) is 6.92 Å². The van der Waals surface area contributed by atoms with E-state index in [1.54, 1.807) is 7.11 Å². The second kappa shape index (κ2) is 5.68. The second-order valence-electron chi connectivity index (χ2n) is 6.15. The van der Waals surface area contributed by atoms with Crippen LogP contribution >= 0.6 is 0 Å². The minimum absolute atomic E-state index is 0.0742. The number of hydrogen-bond acceptors (Lipinski definition) is 3. The molecular weight excluding hydrogens is 214 g/mol. The first-order valence-electron chi connectivity index (χ1n) is 6.74. The van der Waals surface area contributed by atoms with Gasteiger partial charge in [-0.25, -0.2) is 0 Å². The molecule has 1 fully saturated rings. The maximum absolute atomic E-state index is 6.35. The average Bonchev–Trinajstić information content (AvgIpc) is 2.50. The first-order chi connectivity index (χ1) is 7.78. The zero-order chi connectivity index (χ0) is 13.2. The summed E-state index contributed by atoms with van der Waals surface area (Å²) >= 11 is 0. The predicted molar refractivity (Wildman–Crippen MR) is 71.0 cm³/mol. The molecule has 0 saturated carbocycles. The number of ether oxygens (including phenoxy) is 2. The standard InChI is InChI=1S/C14H29NO2/c1-9-10(2)17-11(3)13(9)12(15)7-8-14(4,5)16-6/h9-13H,7-8,15H2,1-6H3. The molecular formula is C14H29NO2. The summed E-state index contributed by atoms with van der Waals surface area (Å²) in [6.07, 6.45) is 2.60. The third-order valence-corrected chi connectivity index (χ3v) is 4.45. The molecule has 2 N–H and O–H groups in total. The normalized spacial score (nSPS) is 36.2. The van der Waals surface area contributed by atoms with Crippen LogP contribution in [0.3, 0.4) is 0 Å². The number of rotatable bonds is 5. The lowest BCUT2D eigenvalue weighted by Gasteiger charge is -2.29. The second-order valence-corrected chi connectivity index (χ2v) is 6.15. The molecule has 102 valence electrons. The minimum atomic E-state index is -0.0742. The molecule has 0 radical (unpaired) electrons. The molecule has 1 aliphatic heterocycles. The van der Waals surface area contributed by atoms with Gasteiger partial charge in [-0.2, -0.15) is 0 Å². The Hall–Kier alpha value is -0.120. The molecule has 3 heteroatoms. The van der Waals surface area contributed by atoms with E-state index in [9.17, 15) is 0 Å². The van der Waals surface area contributed by atoms with Gasteiger partial charge in [-0.3, -0.25) is 0 Å². The van der Waals surface area contributed by atoms with Crippen molar-refractivity contribution in [3.8, 4) is 0 Å². The van der Waals surface area contributed by atoms with Gasteiger partial charge in [0, 0.05) is 19.1 Å². The Kier molecular flexibility index (Phi) is 4.99. The summed E-state index contributed by atoms with van der Waals surface area (Å²) in [6, 6.07) is 0.208. The summed E-state index contributed by atoms with van der Waals surface area (Å²) in [6.45, 7) is 10.8. The van der Waals surface area contributed by atoms with Crippen LogP contribution in [-0.2, 0) is 9.47 Å². The predicted octanol–water partition coefficient (Wildman–Crippen LogP) is 2.58. The van der Waals surface area contributed by atoms with Gasteiger partial charge < -0.3 is 15.2 Å². The van der Waals surface area contributed by atoms with Crippen molar-refractivity contribution in [3.63, 3.8) is 0 Å². The third kappa shape index (κ3) is 3.67. The van der Waals surface area contributed by atoms with Gasteiger partial charge in [0.15, 0.2) is 0 Å². The summed E-state index contributed by atoms with van der Waals surface area (Å²) in [5.74, 6) is 1.02. The van der Waals surface area contributed by atoms with Gasteiger partial charge in [-0.05, 0) is 46.5 Å². The molecule has 0 bridgehead atoms. The molecule has 0 spiro atoms. The van der Waals surface area contributed by atoms with Gasteiger partial charge >= 0.3 is 0 Å². The van der Waals surface area contributed by atoms with Crippen LogP contribution in [0.2, 0.25) is 0 Å². The van der Waals surface area contributed by atoms with Gasteiger partial charge in [0.1, 0.15) is 0 Å². The van der Waals surface area contributed by atoms with Crippen LogP contribution in [0.5, 0.6) is 0 Å². The Labute approximate surface area is 106 Å². The lowest BCUT2D eigenvalue weighted by atomic mass is 9.81. The quantitative estimate of drug-likeness (QED) is 0.807. The highest BCUT2D eigenvalue weighted by Gasteiger charge is 2.40. The van der Waals surface area contributed by atoms with E-state index in [0.29, 0.717) is 17.9 Å². The van der Waals surface area contributed by atoms with Crippen LogP contribution in [0.1, 0.15) is 47.5 Å². The molecule has 0 aliphatic carbocycles. The van der Waals surface area contributed by atoms with Crippen molar-refractivity contribution in [1.29, 1.82) is 0 Å². The van der Waals surface area contributed by atoms with E-state index >= 15 is 0 Å². The molecule has 0 aromatic carbocycles. The van der Waals surface area contributed by atoms with Crippen molar-refractivity contribution < 1.29 is 9.47 Å². The Morgan fingerprint density at radius 2 is 1.82 bits per heavy atom.